The van der Waals surface area contributed by atoms with E-state index in [-0.39, 0.29) is 46.9 Å². The third-order valence-electron chi connectivity index (χ3n) is 11.2. The summed E-state index contributed by atoms with van der Waals surface area (Å²) in [7, 11) is 2.97. The maximum absolute atomic E-state index is 15.4. The Bertz CT molecular complexity index is 2230. The molecule has 8 rings (SSSR count). The van der Waals surface area contributed by atoms with Crippen LogP contribution in [-0.4, -0.2) is 48.0 Å². The number of amides is 4. The fourth-order valence-corrected chi connectivity index (χ4v) is 9.53. The van der Waals surface area contributed by atoms with Gasteiger partial charge in [-0.15, -0.1) is 0 Å². The maximum Gasteiger partial charge on any atom is 0.260 e. The summed E-state index contributed by atoms with van der Waals surface area (Å²) in [4.78, 5) is 59.9. The Balaban J connectivity index is 1.33. The van der Waals surface area contributed by atoms with Crippen molar-refractivity contribution in [2.45, 2.75) is 24.2 Å². The van der Waals surface area contributed by atoms with Crippen molar-refractivity contribution in [1.29, 1.82) is 0 Å². The van der Waals surface area contributed by atoms with Gasteiger partial charge in [-0.05, 0) is 96.6 Å². The van der Waals surface area contributed by atoms with Crippen molar-refractivity contribution in [2.24, 2.45) is 23.7 Å². The van der Waals surface area contributed by atoms with Gasteiger partial charge >= 0.3 is 0 Å². The molecule has 10 nitrogen and oxygen atoms in total. The molecule has 2 N–H and O–H groups in total. The van der Waals surface area contributed by atoms with E-state index in [1.165, 1.54) is 31.3 Å². The number of rotatable bonds is 7. The van der Waals surface area contributed by atoms with Gasteiger partial charge in [0.05, 0.1) is 53.8 Å². The molecule has 3 fully saturated rings. The summed E-state index contributed by atoms with van der Waals surface area (Å²) >= 11 is 18.8. The number of hydrogen-bond acceptors (Lipinski definition) is 8. The molecule has 2 aliphatic heterocycles. The zero-order chi connectivity index (χ0) is 37.3. The average Bonchev–Trinajstić information content (AvgIpc) is 3.53. The molecule has 13 heteroatoms. The minimum absolute atomic E-state index is 0.0856. The number of nitrogens with zero attached hydrogens (tertiary/aromatic N) is 2. The number of hydrazine groups is 1. The van der Waals surface area contributed by atoms with Gasteiger partial charge in [-0.2, -0.15) is 5.01 Å². The summed E-state index contributed by atoms with van der Waals surface area (Å²) in [5.74, 6) is -5.19. The Hall–Kier alpha value is -5.03. The van der Waals surface area contributed by atoms with Crippen LogP contribution in [0, 0.1) is 23.7 Å². The molecular weight excluding hydrogens is 741 g/mol. The number of fused-ring (bicyclic) bond motifs is 4. The van der Waals surface area contributed by atoms with E-state index in [9.17, 15) is 19.5 Å². The summed E-state index contributed by atoms with van der Waals surface area (Å²) in [6.45, 7) is 0. The number of aromatic hydroxyl groups is 1. The highest BCUT2D eigenvalue weighted by Gasteiger charge is 2.70. The molecule has 0 aromatic heterocycles. The number of carbonyl (C=O) groups excluding carboxylic acids is 4. The minimum atomic E-state index is -1.58. The lowest BCUT2D eigenvalue weighted by Crippen LogP contribution is -2.53. The third-order valence-corrected chi connectivity index (χ3v) is 12.0. The third kappa shape index (κ3) is 5.29. The van der Waals surface area contributed by atoms with E-state index < -0.39 is 46.8 Å². The van der Waals surface area contributed by atoms with Crippen LogP contribution in [0.25, 0.3) is 0 Å². The molecule has 1 saturated carbocycles. The molecule has 4 aromatic rings. The van der Waals surface area contributed by atoms with E-state index in [1.54, 1.807) is 72.8 Å². The predicted octanol–water partition coefficient (Wildman–Crippen LogP) is 7.56. The van der Waals surface area contributed by atoms with Gasteiger partial charge in [0.15, 0.2) is 11.5 Å². The zero-order valence-corrected chi connectivity index (χ0v) is 30.7. The van der Waals surface area contributed by atoms with Gasteiger partial charge in [-0.3, -0.25) is 29.5 Å². The Morgan fingerprint density at radius 2 is 1.51 bits per heavy atom. The fourth-order valence-electron chi connectivity index (χ4n) is 8.95. The van der Waals surface area contributed by atoms with Crippen LogP contribution in [0.15, 0.2) is 96.6 Å². The molecule has 2 aliphatic carbocycles. The molecule has 270 valence electrons. The van der Waals surface area contributed by atoms with Crippen molar-refractivity contribution < 1.29 is 33.8 Å². The van der Waals surface area contributed by atoms with Crippen LogP contribution in [-0.2, 0) is 24.6 Å². The molecule has 2 saturated heterocycles. The molecule has 0 bridgehead atoms. The standard InChI is InChI=1S/C40H32Cl3N3O7/c1-52-25-11-4-21(5-12-25)40-29(37(49)46(39(40)51)44-31-15-8-23(42)18-30(31)43)19-28-26(35(40)20-3-16-33(53-2)32(47)17-20)13-14-27-34(28)38(50)45(36(27)48)24-9-6-22(41)7-10-24/h3-13,15-18,27-29,34-35,44,47H,14,19H2,1-2H3. The summed E-state index contributed by atoms with van der Waals surface area (Å²) in [6, 6.07) is 23.1. The maximum atomic E-state index is 15.4. The van der Waals surface area contributed by atoms with E-state index >= 15 is 4.79 Å². The van der Waals surface area contributed by atoms with Gasteiger partial charge in [0, 0.05) is 16.0 Å². The van der Waals surface area contributed by atoms with Crippen LogP contribution in [0.1, 0.15) is 29.9 Å². The molecule has 2 heterocycles. The summed E-state index contributed by atoms with van der Waals surface area (Å²) in [5.41, 5.74) is 3.88. The Kier molecular flexibility index (Phi) is 8.67. The number of carbonyl (C=O) groups is 4. The molecule has 4 amide bonds. The van der Waals surface area contributed by atoms with Gasteiger partial charge in [0.2, 0.25) is 11.8 Å². The van der Waals surface area contributed by atoms with Gasteiger partial charge in [-0.25, -0.2) is 0 Å². The van der Waals surface area contributed by atoms with E-state index in [1.807, 2.05) is 6.08 Å². The van der Waals surface area contributed by atoms with Crippen molar-refractivity contribution in [1.82, 2.24) is 5.01 Å². The number of anilines is 2. The Morgan fingerprint density at radius 1 is 0.792 bits per heavy atom. The first-order chi connectivity index (χ1) is 25.5. The molecule has 0 spiro atoms. The number of ether oxygens (including phenoxy) is 2. The van der Waals surface area contributed by atoms with E-state index in [4.69, 9.17) is 44.3 Å². The van der Waals surface area contributed by atoms with Gasteiger partial charge in [0.25, 0.3) is 11.8 Å². The molecular formula is C40H32Cl3N3O7. The number of imide groups is 2. The van der Waals surface area contributed by atoms with Crippen molar-refractivity contribution in [3.8, 4) is 17.2 Å². The van der Waals surface area contributed by atoms with E-state index in [2.05, 4.69) is 5.43 Å². The van der Waals surface area contributed by atoms with Crippen molar-refractivity contribution in [3.63, 3.8) is 0 Å². The second-order valence-corrected chi connectivity index (χ2v) is 14.9. The lowest BCUT2D eigenvalue weighted by molar-refractivity contribution is -0.138. The number of benzene rings is 4. The first-order valence-electron chi connectivity index (χ1n) is 16.9. The largest absolute Gasteiger partial charge is 0.504 e. The van der Waals surface area contributed by atoms with Gasteiger partial charge < -0.3 is 14.6 Å². The fraction of sp³-hybridized carbons (Fsp3) is 0.250. The lowest BCUT2D eigenvalue weighted by Gasteiger charge is -2.50. The van der Waals surface area contributed by atoms with Crippen LogP contribution >= 0.6 is 34.8 Å². The smallest absolute Gasteiger partial charge is 0.260 e. The lowest BCUT2D eigenvalue weighted by atomic mass is 9.49. The normalized spacial score (nSPS) is 26.2. The number of phenols is 1. The van der Waals surface area contributed by atoms with Crippen LogP contribution in [0.4, 0.5) is 11.4 Å². The topological polar surface area (TPSA) is 125 Å². The minimum Gasteiger partial charge on any atom is -0.504 e. The van der Waals surface area contributed by atoms with E-state index in [0.717, 1.165) is 10.6 Å². The first-order valence-corrected chi connectivity index (χ1v) is 18.1. The van der Waals surface area contributed by atoms with Gasteiger partial charge in [-0.1, -0.05) is 64.7 Å². The number of nitrogens with one attached hydrogen (secondary N) is 1. The molecule has 53 heavy (non-hydrogen) atoms. The van der Waals surface area contributed by atoms with Crippen LogP contribution < -0.4 is 19.8 Å². The van der Waals surface area contributed by atoms with Crippen LogP contribution in [0.2, 0.25) is 15.1 Å². The van der Waals surface area contributed by atoms with Crippen LogP contribution in [0.3, 0.4) is 0 Å². The summed E-state index contributed by atoms with van der Waals surface area (Å²) in [6.07, 6.45) is 2.26. The number of phenolic OH excluding ortho intramolecular Hbond substituents is 1. The summed E-state index contributed by atoms with van der Waals surface area (Å²) < 4.78 is 10.8. The summed E-state index contributed by atoms with van der Waals surface area (Å²) in [5, 5.41) is 13.2. The predicted molar refractivity (Wildman–Crippen MR) is 199 cm³/mol. The second kappa shape index (κ2) is 13.1. The number of allylic oxidation sites excluding steroid dienone is 2. The van der Waals surface area contributed by atoms with E-state index in [0.29, 0.717) is 32.6 Å². The highest BCUT2D eigenvalue weighted by molar-refractivity contribution is 6.36. The first kappa shape index (κ1) is 35.0. The van der Waals surface area contributed by atoms with Crippen molar-refractivity contribution >= 4 is 69.8 Å². The highest BCUT2D eigenvalue weighted by atomic mass is 35.5. The second-order valence-electron chi connectivity index (χ2n) is 13.6. The average molecular weight is 773 g/mol. The molecule has 0 radical (unpaired) electrons. The van der Waals surface area contributed by atoms with Gasteiger partial charge in [0.1, 0.15) is 5.75 Å². The number of hydrogen-bond donors (Lipinski definition) is 2. The molecule has 6 atom stereocenters. The molecule has 6 unspecified atom stereocenters. The quantitative estimate of drug-likeness (QED) is 0.146. The van der Waals surface area contributed by atoms with Crippen molar-refractivity contribution in [2.75, 3.05) is 24.5 Å². The highest BCUT2D eigenvalue weighted by Crippen LogP contribution is 2.64. The Morgan fingerprint density at radius 3 is 2.17 bits per heavy atom. The monoisotopic (exact) mass is 771 g/mol. The Labute approximate surface area is 319 Å². The SMILES string of the molecule is COc1ccc(C23C(=O)N(Nc4ccc(Cl)cc4Cl)C(=O)C2CC2C(=CCC4C(=O)N(c5ccc(Cl)cc5)C(=O)C42)C3c2ccc(OC)c(O)c2)cc1. The van der Waals surface area contributed by atoms with Crippen molar-refractivity contribution in [3.05, 3.63) is 123 Å². The zero-order valence-electron chi connectivity index (χ0n) is 28.4. The molecule has 4 aliphatic rings. The van der Waals surface area contributed by atoms with Crippen LogP contribution in [0.5, 0.6) is 17.2 Å². The number of methoxy groups -OCH3 is 2. The number of halogens is 3. The molecule has 4 aromatic carbocycles.